The number of aromatic nitrogens is 1. The number of anilines is 1. The van der Waals surface area contributed by atoms with E-state index in [4.69, 9.17) is 17.3 Å². The van der Waals surface area contributed by atoms with Crippen LogP contribution >= 0.6 is 11.6 Å². The molecular weight excluding hydrogens is 222 g/mol. The fourth-order valence-corrected chi connectivity index (χ4v) is 2.54. The lowest BCUT2D eigenvalue weighted by molar-refractivity contribution is 0.374. The van der Waals surface area contributed by atoms with Gasteiger partial charge in [-0.3, -0.25) is 4.98 Å². The van der Waals surface area contributed by atoms with E-state index in [0.29, 0.717) is 12.0 Å². The molecule has 0 aliphatic carbocycles. The number of piperidine rings is 1. The second-order valence-corrected chi connectivity index (χ2v) is 4.91. The molecule has 1 saturated heterocycles. The summed E-state index contributed by atoms with van der Waals surface area (Å²) < 4.78 is 0. The summed E-state index contributed by atoms with van der Waals surface area (Å²) in [6, 6.07) is 2.51. The van der Waals surface area contributed by atoms with Crippen LogP contribution < -0.4 is 10.6 Å². The van der Waals surface area contributed by atoms with E-state index >= 15 is 0 Å². The Kier molecular flexibility index (Phi) is 3.66. The Hall–Kier alpha value is -0.800. The molecule has 16 heavy (non-hydrogen) atoms. The number of hydrogen-bond acceptors (Lipinski definition) is 3. The lowest BCUT2D eigenvalue weighted by atomic mass is 9.93. The van der Waals surface area contributed by atoms with Crippen molar-refractivity contribution in [3.05, 3.63) is 23.5 Å². The molecular formula is C12H18ClN3. The Morgan fingerprint density at radius 1 is 1.56 bits per heavy atom. The molecule has 1 aromatic rings. The third-order valence-electron chi connectivity index (χ3n) is 3.37. The van der Waals surface area contributed by atoms with Gasteiger partial charge in [0.05, 0.1) is 10.7 Å². The summed E-state index contributed by atoms with van der Waals surface area (Å²) in [7, 11) is 0. The highest BCUT2D eigenvalue weighted by atomic mass is 35.5. The minimum atomic E-state index is 0.530. The minimum absolute atomic E-state index is 0.530. The van der Waals surface area contributed by atoms with Crippen LogP contribution in [0.3, 0.4) is 0 Å². The van der Waals surface area contributed by atoms with Crippen molar-refractivity contribution in [2.45, 2.75) is 25.8 Å². The van der Waals surface area contributed by atoms with E-state index < -0.39 is 0 Å². The van der Waals surface area contributed by atoms with E-state index in [0.717, 1.165) is 23.8 Å². The summed E-state index contributed by atoms with van der Waals surface area (Å²) in [5, 5.41) is 0.729. The first-order valence-corrected chi connectivity index (χ1v) is 6.16. The summed E-state index contributed by atoms with van der Waals surface area (Å²) in [6.45, 7) is 4.00. The van der Waals surface area contributed by atoms with Crippen molar-refractivity contribution in [3.8, 4) is 0 Å². The molecule has 2 heterocycles. The van der Waals surface area contributed by atoms with E-state index in [1.165, 1.54) is 12.8 Å². The molecule has 2 unspecified atom stereocenters. The molecule has 0 saturated carbocycles. The summed E-state index contributed by atoms with van der Waals surface area (Å²) in [4.78, 5) is 6.37. The lowest BCUT2D eigenvalue weighted by Crippen LogP contribution is -2.44. The molecule has 2 atom stereocenters. The van der Waals surface area contributed by atoms with Crippen molar-refractivity contribution >= 4 is 17.3 Å². The summed E-state index contributed by atoms with van der Waals surface area (Å²) in [6.07, 6.45) is 5.90. The number of nitrogens with two attached hydrogens (primary N) is 1. The zero-order chi connectivity index (χ0) is 11.5. The Labute approximate surface area is 102 Å². The maximum atomic E-state index is 6.18. The van der Waals surface area contributed by atoms with Gasteiger partial charge in [-0.15, -0.1) is 0 Å². The van der Waals surface area contributed by atoms with Gasteiger partial charge in [-0.25, -0.2) is 0 Å². The van der Waals surface area contributed by atoms with Gasteiger partial charge in [0, 0.05) is 25.0 Å². The lowest BCUT2D eigenvalue weighted by Gasteiger charge is -2.39. The highest BCUT2D eigenvalue weighted by Crippen LogP contribution is 2.31. The highest BCUT2D eigenvalue weighted by Gasteiger charge is 2.25. The molecule has 4 heteroatoms. The molecule has 0 spiro atoms. The summed E-state index contributed by atoms with van der Waals surface area (Å²) >= 11 is 6.18. The zero-order valence-electron chi connectivity index (χ0n) is 9.56. The molecule has 1 fully saturated rings. The van der Waals surface area contributed by atoms with E-state index in [-0.39, 0.29) is 0 Å². The number of halogens is 1. The SMILES string of the molecule is CC1CCC(CN)CN1c1ccncc1Cl. The predicted molar refractivity (Wildman–Crippen MR) is 67.8 cm³/mol. The number of pyridine rings is 1. The summed E-state index contributed by atoms with van der Waals surface area (Å²) in [5.41, 5.74) is 6.84. The van der Waals surface area contributed by atoms with Crippen molar-refractivity contribution in [1.29, 1.82) is 0 Å². The fraction of sp³-hybridized carbons (Fsp3) is 0.583. The molecule has 0 bridgehead atoms. The second-order valence-electron chi connectivity index (χ2n) is 4.51. The van der Waals surface area contributed by atoms with Crippen LogP contribution in [0.1, 0.15) is 19.8 Å². The molecule has 3 nitrogen and oxygen atoms in total. The van der Waals surface area contributed by atoms with Crippen molar-refractivity contribution in [3.63, 3.8) is 0 Å². The molecule has 1 aromatic heterocycles. The molecule has 88 valence electrons. The highest BCUT2D eigenvalue weighted by molar-refractivity contribution is 6.33. The van der Waals surface area contributed by atoms with E-state index in [2.05, 4.69) is 16.8 Å². The average Bonchev–Trinajstić information content (AvgIpc) is 2.31. The monoisotopic (exact) mass is 239 g/mol. The molecule has 0 amide bonds. The van der Waals surface area contributed by atoms with Crippen LogP contribution in [0, 0.1) is 5.92 Å². The van der Waals surface area contributed by atoms with E-state index in [9.17, 15) is 0 Å². The van der Waals surface area contributed by atoms with Gasteiger partial charge >= 0.3 is 0 Å². The quantitative estimate of drug-likeness (QED) is 0.861. The summed E-state index contributed by atoms with van der Waals surface area (Å²) in [5.74, 6) is 0.584. The van der Waals surface area contributed by atoms with Gasteiger partial charge in [-0.2, -0.15) is 0 Å². The number of hydrogen-bond donors (Lipinski definition) is 1. The Bertz CT molecular complexity index is 356. The van der Waals surface area contributed by atoms with Crippen LogP contribution in [-0.4, -0.2) is 24.1 Å². The minimum Gasteiger partial charge on any atom is -0.367 e. The molecule has 1 aliphatic rings. The van der Waals surface area contributed by atoms with Crippen LogP contribution in [0.2, 0.25) is 5.02 Å². The van der Waals surface area contributed by atoms with Gasteiger partial charge in [0.25, 0.3) is 0 Å². The number of nitrogens with zero attached hydrogens (tertiary/aromatic N) is 2. The van der Waals surface area contributed by atoms with E-state index in [1.807, 2.05) is 6.07 Å². The maximum Gasteiger partial charge on any atom is 0.0822 e. The first kappa shape index (κ1) is 11.7. The fourth-order valence-electron chi connectivity index (χ4n) is 2.31. The van der Waals surface area contributed by atoms with Gasteiger partial charge in [0.15, 0.2) is 0 Å². The third-order valence-corrected chi connectivity index (χ3v) is 3.66. The Balaban J connectivity index is 2.21. The van der Waals surface area contributed by atoms with Gasteiger partial charge in [0.1, 0.15) is 0 Å². The van der Waals surface area contributed by atoms with Crippen molar-refractivity contribution in [2.75, 3.05) is 18.0 Å². The molecule has 2 rings (SSSR count). The average molecular weight is 240 g/mol. The molecule has 2 N–H and O–H groups in total. The molecule has 1 aliphatic heterocycles. The standard InChI is InChI=1S/C12H18ClN3/c1-9-2-3-10(6-14)8-16(9)12-4-5-15-7-11(12)13/h4-5,7,9-10H,2-3,6,8,14H2,1H3. The maximum absolute atomic E-state index is 6.18. The van der Waals surface area contributed by atoms with Gasteiger partial charge in [-0.05, 0) is 38.3 Å². The number of rotatable bonds is 2. The molecule has 0 aromatic carbocycles. The van der Waals surface area contributed by atoms with Gasteiger partial charge in [0.2, 0.25) is 0 Å². The smallest absolute Gasteiger partial charge is 0.0822 e. The van der Waals surface area contributed by atoms with Crippen molar-refractivity contribution < 1.29 is 0 Å². The Morgan fingerprint density at radius 3 is 3.06 bits per heavy atom. The van der Waals surface area contributed by atoms with Crippen molar-refractivity contribution in [2.24, 2.45) is 11.7 Å². The van der Waals surface area contributed by atoms with Crippen LogP contribution in [0.5, 0.6) is 0 Å². The Morgan fingerprint density at radius 2 is 2.38 bits per heavy atom. The predicted octanol–water partition coefficient (Wildman–Crippen LogP) is 2.30. The first-order chi connectivity index (χ1) is 7.72. The topological polar surface area (TPSA) is 42.1 Å². The van der Waals surface area contributed by atoms with Crippen LogP contribution in [-0.2, 0) is 0 Å². The molecule has 0 radical (unpaired) electrons. The van der Waals surface area contributed by atoms with Gasteiger partial charge in [-0.1, -0.05) is 11.6 Å². The van der Waals surface area contributed by atoms with Crippen LogP contribution in [0.25, 0.3) is 0 Å². The van der Waals surface area contributed by atoms with Crippen LogP contribution in [0.15, 0.2) is 18.5 Å². The van der Waals surface area contributed by atoms with E-state index in [1.54, 1.807) is 12.4 Å². The normalized spacial score (nSPS) is 25.8. The largest absolute Gasteiger partial charge is 0.367 e. The van der Waals surface area contributed by atoms with Gasteiger partial charge < -0.3 is 10.6 Å². The first-order valence-electron chi connectivity index (χ1n) is 5.78. The second kappa shape index (κ2) is 5.02. The van der Waals surface area contributed by atoms with Crippen LogP contribution in [0.4, 0.5) is 5.69 Å². The third kappa shape index (κ3) is 2.30. The zero-order valence-corrected chi connectivity index (χ0v) is 10.3. The van der Waals surface area contributed by atoms with Crippen molar-refractivity contribution in [1.82, 2.24) is 4.98 Å².